The Bertz CT molecular complexity index is 587. The number of thiocarbonyl (C=S) groups is 1. The lowest BCUT2D eigenvalue weighted by molar-refractivity contribution is 0.730. The van der Waals surface area contributed by atoms with Crippen molar-refractivity contribution in [2.45, 2.75) is 6.42 Å². The number of hydrazone groups is 1. The molecule has 0 spiro atoms. The zero-order valence-corrected chi connectivity index (χ0v) is 11.2. The fraction of sp³-hybridized carbons (Fsp3) is 0.200. The standard InChI is InChI=1S/C15H15N3S/c16-15(19)18-17-9-13-11-6-7-12(8-11)14(13)10-4-2-1-3-5-10/h1-7,9,11-12H,8H2,(H3,16,18,19)/b17-9+. The minimum Gasteiger partial charge on any atom is -0.375 e. The molecule has 3 nitrogen and oxygen atoms in total. The second-order valence-electron chi connectivity index (χ2n) is 4.80. The van der Waals surface area contributed by atoms with Gasteiger partial charge in [0.25, 0.3) is 0 Å². The molecule has 0 aliphatic heterocycles. The Morgan fingerprint density at radius 3 is 2.74 bits per heavy atom. The van der Waals surface area contributed by atoms with Crippen molar-refractivity contribution in [1.82, 2.24) is 5.43 Å². The lowest BCUT2D eigenvalue weighted by atomic mass is 9.92. The Hall–Kier alpha value is -1.94. The van der Waals surface area contributed by atoms with Gasteiger partial charge in [0.05, 0.1) is 6.21 Å². The smallest absolute Gasteiger partial charge is 0.184 e. The molecular weight excluding hydrogens is 254 g/mol. The SMILES string of the molecule is NC(=S)N/N=C/C1=C(c2ccccc2)C2C=CC1C2. The number of nitrogens with zero attached hydrogens (tertiary/aromatic N) is 1. The summed E-state index contributed by atoms with van der Waals surface area (Å²) in [5.41, 5.74) is 11.9. The maximum atomic E-state index is 5.38. The number of benzene rings is 1. The molecule has 4 heteroatoms. The monoisotopic (exact) mass is 269 g/mol. The highest BCUT2D eigenvalue weighted by atomic mass is 32.1. The lowest BCUT2D eigenvalue weighted by Crippen LogP contribution is -2.24. The third-order valence-corrected chi connectivity index (χ3v) is 3.72. The van der Waals surface area contributed by atoms with Gasteiger partial charge >= 0.3 is 0 Å². The summed E-state index contributed by atoms with van der Waals surface area (Å²) in [4.78, 5) is 0. The predicted molar refractivity (Wildman–Crippen MR) is 82.5 cm³/mol. The molecule has 2 unspecified atom stereocenters. The Labute approximate surface area is 117 Å². The van der Waals surface area contributed by atoms with E-state index in [2.05, 4.69) is 46.9 Å². The van der Waals surface area contributed by atoms with E-state index in [0.717, 1.165) is 6.42 Å². The van der Waals surface area contributed by atoms with Crippen LogP contribution in [0.1, 0.15) is 12.0 Å². The lowest BCUT2D eigenvalue weighted by Gasteiger charge is -2.13. The van der Waals surface area contributed by atoms with Crippen LogP contribution in [0.5, 0.6) is 0 Å². The van der Waals surface area contributed by atoms with Crippen LogP contribution >= 0.6 is 12.2 Å². The number of hydrogen-bond donors (Lipinski definition) is 2. The molecule has 2 atom stereocenters. The van der Waals surface area contributed by atoms with E-state index in [-0.39, 0.29) is 5.11 Å². The van der Waals surface area contributed by atoms with Gasteiger partial charge in [-0.15, -0.1) is 0 Å². The number of fused-ring (bicyclic) bond motifs is 2. The van der Waals surface area contributed by atoms with Gasteiger partial charge in [-0.2, -0.15) is 5.10 Å². The number of allylic oxidation sites excluding steroid dienone is 4. The molecule has 0 amide bonds. The number of nitrogens with two attached hydrogens (primary N) is 1. The fourth-order valence-electron chi connectivity index (χ4n) is 2.89. The van der Waals surface area contributed by atoms with E-state index in [1.165, 1.54) is 16.7 Å². The molecule has 1 aromatic rings. The molecule has 19 heavy (non-hydrogen) atoms. The van der Waals surface area contributed by atoms with E-state index in [1.54, 1.807) is 0 Å². The van der Waals surface area contributed by atoms with Crippen molar-refractivity contribution in [3.05, 3.63) is 53.6 Å². The van der Waals surface area contributed by atoms with Crippen LogP contribution in [-0.2, 0) is 0 Å². The quantitative estimate of drug-likeness (QED) is 0.383. The molecule has 2 aliphatic carbocycles. The van der Waals surface area contributed by atoms with Crippen LogP contribution in [0.2, 0.25) is 0 Å². The molecule has 2 bridgehead atoms. The first-order chi connectivity index (χ1) is 9.25. The Morgan fingerprint density at radius 1 is 1.26 bits per heavy atom. The highest BCUT2D eigenvalue weighted by Gasteiger charge is 2.34. The minimum absolute atomic E-state index is 0.191. The molecule has 3 rings (SSSR count). The van der Waals surface area contributed by atoms with Crippen LogP contribution in [-0.4, -0.2) is 11.3 Å². The van der Waals surface area contributed by atoms with Gasteiger partial charge in [-0.3, -0.25) is 5.43 Å². The summed E-state index contributed by atoms with van der Waals surface area (Å²) in [6, 6.07) is 10.5. The summed E-state index contributed by atoms with van der Waals surface area (Å²) in [6.45, 7) is 0. The normalized spacial score (nSPS) is 24.4. The molecule has 0 aromatic heterocycles. The number of hydrogen-bond acceptors (Lipinski definition) is 2. The van der Waals surface area contributed by atoms with E-state index in [4.69, 9.17) is 18.0 Å². The van der Waals surface area contributed by atoms with Crippen molar-refractivity contribution in [1.29, 1.82) is 0 Å². The van der Waals surface area contributed by atoms with E-state index in [0.29, 0.717) is 11.8 Å². The fourth-order valence-corrected chi connectivity index (χ4v) is 2.94. The summed E-state index contributed by atoms with van der Waals surface area (Å²) < 4.78 is 0. The molecule has 1 aromatic carbocycles. The summed E-state index contributed by atoms with van der Waals surface area (Å²) >= 11 is 4.75. The average Bonchev–Trinajstić information content (AvgIpc) is 3.00. The summed E-state index contributed by atoms with van der Waals surface area (Å²) in [6.07, 6.45) is 7.57. The summed E-state index contributed by atoms with van der Waals surface area (Å²) in [7, 11) is 0. The zero-order chi connectivity index (χ0) is 13.2. The zero-order valence-electron chi connectivity index (χ0n) is 10.4. The molecule has 0 saturated heterocycles. The van der Waals surface area contributed by atoms with Crippen molar-refractivity contribution >= 4 is 29.1 Å². The van der Waals surface area contributed by atoms with Gasteiger partial charge in [-0.25, -0.2) is 0 Å². The highest BCUT2D eigenvalue weighted by Crippen LogP contribution is 2.47. The molecule has 0 saturated carbocycles. The van der Waals surface area contributed by atoms with Gasteiger partial charge in [-0.05, 0) is 35.3 Å². The molecule has 0 fully saturated rings. The van der Waals surface area contributed by atoms with Crippen LogP contribution in [0.4, 0.5) is 0 Å². The first-order valence-electron chi connectivity index (χ1n) is 6.32. The summed E-state index contributed by atoms with van der Waals surface area (Å²) in [5, 5.41) is 4.31. The maximum Gasteiger partial charge on any atom is 0.184 e. The Balaban J connectivity index is 1.95. The molecular formula is C15H15N3S. The van der Waals surface area contributed by atoms with Crippen LogP contribution in [0.15, 0.2) is 53.2 Å². The number of nitrogens with one attached hydrogen (secondary N) is 1. The molecule has 0 heterocycles. The largest absolute Gasteiger partial charge is 0.375 e. The van der Waals surface area contributed by atoms with Crippen molar-refractivity contribution < 1.29 is 0 Å². The first-order valence-corrected chi connectivity index (χ1v) is 6.73. The van der Waals surface area contributed by atoms with Gasteiger partial charge in [0.15, 0.2) is 5.11 Å². The van der Waals surface area contributed by atoms with Crippen LogP contribution in [0, 0.1) is 11.8 Å². The second-order valence-corrected chi connectivity index (χ2v) is 5.24. The van der Waals surface area contributed by atoms with E-state index < -0.39 is 0 Å². The van der Waals surface area contributed by atoms with Crippen LogP contribution in [0.3, 0.4) is 0 Å². The third-order valence-electron chi connectivity index (χ3n) is 3.63. The predicted octanol–water partition coefficient (Wildman–Crippen LogP) is 2.47. The van der Waals surface area contributed by atoms with E-state index >= 15 is 0 Å². The van der Waals surface area contributed by atoms with Crippen LogP contribution in [0.25, 0.3) is 5.57 Å². The van der Waals surface area contributed by atoms with Gasteiger partial charge in [-0.1, -0.05) is 42.5 Å². The number of rotatable bonds is 3. The van der Waals surface area contributed by atoms with Gasteiger partial charge in [0, 0.05) is 11.8 Å². The third kappa shape index (κ3) is 2.31. The van der Waals surface area contributed by atoms with Crippen molar-refractivity contribution in [2.75, 3.05) is 0 Å². The van der Waals surface area contributed by atoms with Gasteiger partial charge < -0.3 is 5.73 Å². The summed E-state index contributed by atoms with van der Waals surface area (Å²) in [5.74, 6) is 0.982. The van der Waals surface area contributed by atoms with Crippen molar-refractivity contribution in [3.8, 4) is 0 Å². The van der Waals surface area contributed by atoms with Crippen LogP contribution < -0.4 is 11.2 Å². The average molecular weight is 269 g/mol. The molecule has 96 valence electrons. The van der Waals surface area contributed by atoms with Crippen molar-refractivity contribution in [2.24, 2.45) is 22.7 Å². The first kappa shape index (κ1) is 12.1. The van der Waals surface area contributed by atoms with E-state index in [9.17, 15) is 0 Å². The van der Waals surface area contributed by atoms with Crippen molar-refractivity contribution in [3.63, 3.8) is 0 Å². The second kappa shape index (κ2) is 4.97. The van der Waals surface area contributed by atoms with Gasteiger partial charge in [0.2, 0.25) is 0 Å². The highest BCUT2D eigenvalue weighted by molar-refractivity contribution is 7.80. The molecule has 0 radical (unpaired) electrons. The maximum absolute atomic E-state index is 5.38. The minimum atomic E-state index is 0.191. The van der Waals surface area contributed by atoms with E-state index in [1.807, 2.05) is 12.3 Å². The Kier molecular flexibility index (Phi) is 3.17. The Morgan fingerprint density at radius 2 is 2.00 bits per heavy atom. The molecule has 3 N–H and O–H groups in total. The topological polar surface area (TPSA) is 50.4 Å². The molecule has 2 aliphatic rings. The van der Waals surface area contributed by atoms with Gasteiger partial charge in [0.1, 0.15) is 0 Å².